The second-order valence-corrected chi connectivity index (χ2v) is 7.57. The van der Waals surface area contributed by atoms with Crippen LogP contribution in [-0.2, 0) is 17.9 Å². The topological polar surface area (TPSA) is 66.3 Å². The number of amides is 1. The molecule has 1 aliphatic rings. The van der Waals surface area contributed by atoms with Crippen molar-refractivity contribution in [1.82, 2.24) is 15.2 Å². The lowest BCUT2D eigenvalue weighted by Gasteiger charge is -2.33. The minimum atomic E-state index is -0.298. The molecule has 0 saturated carbocycles. The van der Waals surface area contributed by atoms with Crippen molar-refractivity contribution in [2.24, 2.45) is 0 Å². The number of hydrogen-bond donors (Lipinski definition) is 3. The van der Waals surface area contributed by atoms with Crippen LogP contribution < -0.4 is 10.6 Å². The highest BCUT2D eigenvalue weighted by atomic mass is 19.1. The molecule has 152 valence electrons. The van der Waals surface area contributed by atoms with E-state index in [1.54, 1.807) is 6.07 Å². The minimum absolute atomic E-state index is 0.00193. The SMILES string of the molecule is O=C1CC[C@@H](NCc2cn(CCCO)c3ccccc23)[C@H](c2cccc(F)c2)N1. The third-order valence-electron chi connectivity index (χ3n) is 5.59. The predicted molar refractivity (Wildman–Crippen MR) is 111 cm³/mol. The molecular formula is C23H26FN3O2. The van der Waals surface area contributed by atoms with Crippen LogP contribution in [-0.4, -0.2) is 28.2 Å². The highest BCUT2D eigenvalue weighted by molar-refractivity contribution is 5.84. The highest BCUT2D eigenvalue weighted by Gasteiger charge is 2.30. The van der Waals surface area contributed by atoms with Gasteiger partial charge in [0.25, 0.3) is 0 Å². The Bertz CT molecular complexity index is 1000. The molecule has 29 heavy (non-hydrogen) atoms. The standard InChI is InChI=1S/C23H26FN3O2/c24-18-6-3-5-16(13-18)23-20(9-10-22(29)26-23)25-14-17-15-27(11-4-12-28)21-8-2-1-7-19(17)21/h1-3,5-8,13,15,20,23,25,28H,4,9-12,14H2,(H,26,29)/t20-,23+/m1/s1. The quantitative estimate of drug-likeness (QED) is 0.575. The molecule has 2 atom stereocenters. The van der Waals surface area contributed by atoms with Crippen molar-refractivity contribution in [3.8, 4) is 0 Å². The number of halogens is 1. The zero-order chi connectivity index (χ0) is 20.2. The molecule has 1 aliphatic heterocycles. The van der Waals surface area contributed by atoms with Crippen LogP contribution in [0.1, 0.15) is 36.4 Å². The second kappa shape index (κ2) is 8.76. The number of hydrogen-bond acceptors (Lipinski definition) is 3. The van der Waals surface area contributed by atoms with E-state index < -0.39 is 0 Å². The lowest BCUT2D eigenvalue weighted by atomic mass is 9.91. The molecule has 4 rings (SSSR count). The Kier molecular flexibility index (Phi) is 5.92. The average Bonchev–Trinajstić information content (AvgIpc) is 3.09. The molecule has 0 radical (unpaired) electrons. The van der Waals surface area contributed by atoms with Crippen molar-refractivity contribution in [1.29, 1.82) is 0 Å². The first-order valence-electron chi connectivity index (χ1n) is 10.1. The van der Waals surface area contributed by atoms with Crippen LogP contribution in [0.2, 0.25) is 0 Å². The first kappa shape index (κ1) is 19.6. The Balaban J connectivity index is 1.55. The maximum absolute atomic E-state index is 13.7. The van der Waals surface area contributed by atoms with Crippen LogP contribution in [0.4, 0.5) is 4.39 Å². The number of piperidine rings is 1. The van der Waals surface area contributed by atoms with Gasteiger partial charge >= 0.3 is 0 Å². The smallest absolute Gasteiger partial charge is 0.220 e. The van der Waals surface area contributed by atoms with Gasteiger partial charge in [-0.1, -0.05) is 30.3 Å². The van der Waals surface area contributed by atoms with Crippen LogP contribution in [0.25, 0.3) is 10.9 Å². The van der Waals surface area contributed by atoms with Gasteiger partial charge in [0.1, 0.15) is 5.82 Å². The summed E-state index contributed by atoms with van der Waals surface area (Å²) in [6.07, 6.45) is 4.01. The summed E-state index contributed by atoms with van der Waals surface area (Å²) >= 11 is 0. The summed E-state index contributed by atoms with van der Waals surface area (Å²) in [5, 5.41) is 17.0. The number of nitrogens with one attached hydrogen (secondary N) is 2. The molecule has 0 aliphatic carbocycles. The van der Waals surface area contributed by atoms with Gasteiger partial charge in [-0.3, -0.25) is 4.79 Å². The van der Waals surface area contributed by atoms with E-state index in [2.05, 4.69) is 33.5 Å². The van der Waals surface area contributed by atoms with Crippen LogP contribution in [0.15, 0.2) is 54.7 Å². The second-order valence-electron chi connectivity index (χ2n) is 7.57. The molecule has 1 fully saturated rings. The number of aromatic nitrogens is 1. The Hall–Kier alpha value is -2.70. The largest absolute Gasteiger partial charge is 0.396 e. The molecule has 1 saturated heterocycles. The maximum Gasteiger partial charge on any atom is 0.220 e. The van der Waals surface area contributed by atoms with Crippen molar-refractivity contribution in [2.75, 3.05) is 6.61 Å². The van der Waals surface area contributed by atoms with Crippen molar-refractivity contribution < 1.29 is 14.3 Å². The first-order valence-corrected chi connectivity index (χ1v) is 10.1. The molecule has 0 bridgehead atoms. The number of aliphatic hydroxyl groups is 1. The normalized spacial score (nSPS) is 19.4. The van der Waals surface area contributed by atoms with E-state index in [9.17, 15) is 14.3 Å². The molecule has 3 aromatic rings. The predicted octanol–water partition coefficient (Wildman–Crippen LogP) is 3.27. The zero-order valence-corrected chi connectivity index (χ0v) is 16.3. The van der Waals surface area contributed by atoms with E-state index >= 15 is 0 Å². The Labute approximate surface area is 169 Å². The summed E-state index contributed by atoms with van der Waals surface area (Å²) in [6.45, 7) is 1.58. The fourth-order valence-corrected chi connectivity index (χ4v) is 4.17. The molecule has 2 heterocycles. The monoisotopic (exact) mass is 395 g/mol. The summed E-state index contributed by atoms with van der Waals surface area (Å²) in [4.78, 5) is 12.0. The third-order valence-corrected chi connectivity index (χ3v) is 5.59. The Morgan fingerprint density at radius 2 is 2.07 bits per heavy atom. The van der Waals surface area contributed by atoms with Crippen LogP contribution >= 0.6 is 0 Å². The Morgan fingerprint density at radius 3 is 2.90 bits per heavy atom. The van der Waals surface area contributed by atoms with Crippen molar-refractivity contribution in [3.63, 3.8) is 0 Å². The Morgan fingerprint density at radius 1 is 1.21 bits per heavy atom. The molecule has 5 nitrogen and oxygen atoms in total. The fourth-order valence-electron chi connectivity index (χ4n) is 4.17. The van der Waals surface area contributed by atoms with Gasteiger partial charge in [-0.2, -0.15) is 0 Å². The summed E-state index contributed by atoms with van der Waals surface area (Å²) in [5.74, 6) is -0.300. The fraction of sp³-hybridized carbons (Fsp3) is 0.348. The van der Waals surface area contributed by atoms with Crippen molar-refractivity contribution in [3.05, 3.63) is 71.7 Å². The van der Waals surface area contributed by atoms with Gasteiger partial charge in [-0.25, -0.2) is 4.39 Å². The molecule has 2 aromatic carbocycles. The van der Waals surface area contributed by atoms with E-state index in [0.29, 0.717) is 25.8 Å². The number of carbonyl (C=O) groups excluding carboxylic acids is 1. The summed E-state index contributed by atoms with van der Waals surface area (Å²) < 4.78 is 15.9. The minimum Gasteiger partial charge on any atom is -0.396 e. The number of carbonyl (C=O) groups is 1. The van der Waals surface area contributed by atoms with E-state index in [0.717, 1.165) is 17.6 Å². The molecular weight excluding hydrogens is 369 g/mol. The number of rotatable bonds is 7. The molecule has 3 N–H and O–H groups in total. The van der Waals surface area contributed by atoms with E-state index in [-0.39, 0.29) is 30.4 Å². The van der Waals surface area contributed by atoms with Gasteiger partial charge in [0, 0.05) is 49.3 Å². The third kappa shape index (κ3) is 4.33. The maximum atomic E-state index is 13.7. The van der Waals surface area contributed by atoms with E-state index in [1.807, 2.05) is 18.2 Å². The van der Waals surface area contributed by atoms with Gasteiger partial charge in [0.05, 0.1) is 6.04 Å². The van der Waals surface area contributed by atoms with Crippen molar-refractivity contribution in [2.45, 2.75) is 44.4 Å². The molecule has 1 amide bonds. The number of para-hydroxylation sites is 1. The van der Waals surface area contributed by atoms with Gasteiger partial charge in [-0.05, 0) is 42.2 Å². The zero-order valence-electron chi connectivity index (χ0n) is 16.3. The molecule has 0 unspecified atom stereocenters. The lowest BCUT2D eigenvalue weighted by Crippen LogP contribution is -2.48. The summed E-state index contributed by atoms with van der Waals surface area (Å²) in [7, 11) is 0. The number of aryl methyl sites for hydroxylation is 1. The van der Waals surface area contributed by atoms with Crippen LogP contribution in [0.3, 0.4) is 0 Å². The number of aliphatic hydroxyl groups excluding tert-OH is 1. The summed E-state index contributed by atoms with van der Waals surface area (Å²) in [6, 6.07) is 14.4. The lowest BCUT2D eigenvalue weighted by molar-refractivity contribution is -0.123. The van der Waals surface area contributed by atoms with Crippen molar-refractivity contribution >= 4 is 16.8 Å². The highest BCUT2D eigenvalue weighted by Crippen LogP contribution is 2.27. The number of benzene rings is 2. The number of fused-ring (bicyclic) bond motifs is 1. The van der Waals surface area contributed by atoms with Crippen LogP contribution in [0.5, 0.6) is 0 Å². The molecule has 0 spiro atoms. The van der Waals surface area contributed by atoms with Gasteiger partial charge < -0.3 is 20.3 Å². The number of nitrogens with zero attached hydrogens (tertiary/aromatic N) is 1. The van der Waals surface area contributed by atoms with E-state index in [4.69, 9.17) is 0 Å². The summed E-state index contributed by atoms with van der Waals surface area (Å²) in [5.41, 5.74) is 3.10. The van der Waals surface area contributed by atoms with Gasteiger partial charge in [0.15, 0.2) is 0 Å². The van der Waals surface area contributed by atoms with E-state index in [1.165, 1.54) is 23.1 Å². The average molecular weight is 395 g/mol. The molecule has 1 aromatic heterocycles. The van der Waals surface area contributed by atoms with Gasteiger partial charge in [0.2, 0.25) is 5.91 Å². The molecule has 6 heteroatoms. The van der Waals surface area contributed by atoms with Crippen LogP contribution in [0, 0.1) is 5.82 Å². The van der Waals surface area contributed by atoms with Gasteiger partial charge in [-0.15, -0.1) is 0 Å². The first-order chi connectivity index (χ1) is 14.2.